The zero-order valence-electron chi connectivity index (χ0n) is 15.6. The third-order valence-corrected chi connectivity index (χ3v) is 6.12. The number of benzene rings is 1. The highest BCUT2D eigenvalue weighted by Gasteiger charge is 2.37. The molecule has 10 heteroatoms. The van der Waals surface area contributed by atoms with Crippen LogP contribution in [0.4, 0.5) is 26.9 Å². The topological polar surface area (TPSA) is 118 Å². The van der Waals surface area contributed by atoms with Crippen molar-refractivity contribution in [3.05, 3.63) is 59.7 Å². The van der Waals surface area contributed by atoms with E-state index in [1.165, 1.54) is 22.7 Å². The Labute approximate surface area is 172 Å². The molecule has 1 aliphatic rings. The molecular weight excluding hydrogens is 406 g/mol. The summed E-state index contributed by atoms with van der Waals surface area (Å²) >= 11 is 0. The molecule has 5 rings (SSSR count). The number of rotatable bonds is 4. The molecule has 0 fully saturated rings. The summed E-state index contributed by atoms with van der Waals surface area (Å²) in [5.41, 5.74) is 2.01. The maximum atomic E-state index is 12.8. The van der Waals surface area contributed by atoms with Crippen LogP contribution in [0.3, 0.4) is 0 Å². The van der Waals surface area contributed by atoms with Crippen LogP contribution < -0.4 is 15.0 Å². The van der Waals surface area contributed by atoms with Gasteiger partial charge >= 0.3 is 11.3 Å². The number of anilines is 3. The third-order valence-electron chi connectivity index (χ3n) is 4.54. The summed E-state index contributed by atoms with van der Waals surface area (Å²) in [6, 6.07) is 10.2. The first-order chi connectivity index (χ1) is 14.5. The van der Waals surface area contributed by atoms with Gasteiger partial charge in [-0.05, 0) is 25.1 Å². The van der Waals surface area contributed by atoms with Crippen LogP contribution >= 0.6 is 10.5 Å². The summed E-state index contributed by atoms with van der Waals surface area (Å²) in [6.45, 7) is 1.98. The van der Waals surface area contributed by atoms with Crippen LogP contribution in [-0.4, -0.2) is 31.4 Å². The van der Waals surface area contributed by atoms with Crippen molar-refractivity contribution in [3.8, 4) is 11.6 Å². The van der Waals surface area contributed by atoms with Crippen molar-refractivity contribution in [2.45, 2.75) is 6.92 Å². The highest BCUT2D eigenvalue weighted by molar-refractivity contribution is 7.54. The van der Waals surface area contributed by atoms with Crippen molar-refractivity contribution in [2.24, 2.45) is 0 Å². The Morgan fingerprint density at radius 1 is 1.13 bits per heavy atom. The lowest BCUT2D eigenvalue weighted by atomic mass is 10.2. The molecule has 4 heterocycles. The third kappa shape index (κ3) is 2.90. The van der Waals surface area contributed by atoms with E-state index in [0.717, 1.165) is 5.56 Å². The number of thiophene rings is 1. The van der Waals surface area contributed by atoms with Crippen molar-refractivity contribution in [1.82, 2.24) is 15.0 Å². The number of nitrogens with one attached hydrogen (secondary N) is 1. The molecule has 3 aromatic heterocycles. The number of aryl methyl sites for hydroxylation is 1. The van der Waals surface area contributed by atoms with E-state index < -0.39 is 21.8 Å². The molecule has 0 radical (unpaired) electrons. The van der Waals surface area contributed by atoms with Crippen molar-refractivity contribution in [2.75, 3.05) is 10.2 Å². The normalized spacial score (nSPS) is 13.3. The Balaban J connectivity index is 1.58. The zero-order valence-corrected chi connectivity index (χ0v) is 16.4. The lowest BCUT2D eigenvalue weighted by Gasteiger charge is -2.25. The maximum Gasteiger partial charge on any atom is 0.554 e. The summed E-state index contributed by atoms with van der Waals surface area (Å²) in [5, 5.41) is 13.3. The average molecular weight is 420 g/mol. The second-order valence-electron chi connectivity index (χ2n) is 6.52. The number of aromatic nitrogens is 3. The molecule has 0 spiro atoms. The van der Waals surface area contributed by atoms with Crippen LogP contribution in [0.25, 0.3) is 10.2 Å². The highest BCUT2D eigenvalue weighted by Crippen LogP contribution is 2.46. The monoisotopic (exact) mass is 420 g/mol. The van der Waals surface area contributed by atoms with Crippen LogP contribution in [0.15, 0.2) is 54.2 Å². The van der Waals surface area contributed by atoms with E-state index in [1.54, 1.807) is 12.1 Å². The van der Waals surface area contributed by atoms with Gasteiger partial charge in [0.1, 0.15) is 27.3 Å². The van der Waals surface area contributed by atoms with Crippen LogP contribution in [0.1, 0.15) is 5.56 Å². The molecule has 2 amide bonds. The molecule has 30 heavy (non-hydrogen) atoms. The van der Waals surface area contributed by atoms with Crippen LogP contribution in [-0.2, 0) is 0 Å². The SMILES string of the molecule is Cc1ccc(Oc2ccnc(N3C(=O)Nc4c[s+](C(=O)O)c5nccc3c45)n2)cc1. The molecule has 0 saturated carbocycles. The second-order valence-corrected chi connectivity index (χ2v) is 8.17. The quantitative estimate of drug-likeness (QED) is 0.442. The molecule has 2 N–H and O–H groups in total. The van der Waals surface area contributed by atoms with E-state index in [0.29, 0.717) is 27.3 Å². The summed E-state index contributed by atoms with van der Waals surface area (Å²) < 4.78 is 5.78. The number of hydrogen-bond acceptors (Lipinski definition) is 6. The van der Waals surface area contributed by atoms with E-state index >= 15 is 0 Å². The van der Waals surface area contributed by atoms with Gasteiger partial charge in [-0.2, -0.15) is 9.78 Å². The van der Waals surface area contributed by atoms with E-state index in [4.69, 9.17) is 4.74 Å². The first-order valence-electron chi connectivity index (χ1n) is 8.87. The molecule has 1 aromatic carbocycles. The number of carbonyl (C=O) groups is 2. The van der Waals surface area contributed by atoms with Gasteiger partial charge in [0.2, 0.25) is 11.8 Å². The Morgan fingerprint density at radius 3 is 2.67 bits per heavy atom. The van der Waals surface area contributed by atoms with Crippen LogP contribution in [0, 0.1) is 6.92 Å². The van der Waals surface area contributed by atoms with E-state index in [9.17, 15) is 14.7 Å². The lowest BCUT2D eigenvalue weighted by molar-refractivity contribution is 0.221. The molecule has 0 saturated heterocycles. The lowest BCUT2D eigenvalue weighted by Crippen LogP contribution is -2.34. The number of ether oxygens (including phenoxy) is 1. The number of amides is 2. The van der Waals surface area contributed by atoms with Gasteiger partial charge in [0.25, 0.3) is 4.83 Å². The molecule has 0 aliphatic carbocycles. The molecule has 1 atom stereocenters. The fourth-order valence-corrected chi connectivity index (χ4v) is 4.60. The number of pyridine rings is 1. The Hall–Kier alpha value is -4.05. The first-order valence-corrected chi connectivity index (χ1v) is 10.2. The van der Waals surface area contributed by atoms with Gasteiger partial charge in [-0.3, -0.25) is 0 Å². The average Bonchev–Trinajstić information content (AvgIpc) is 3.10. The van der Waals surface area contributed by atoms with Gasteiger partial charge in [0.05, 0.1) is 5.69 Å². The van der Waals surface area contributed by atoms with E-state index in [2.05, 4.69) is 20.3 Å². The number of carboxylic acid groups (broad SMARTS) is 1. The van der Waals surface area contributed by atoms with Crippen LogP contribution in [0.5, 0.6) is 11.6 Å². The fourth-order valence-electron chi connectivity index (χ4n) is 3.20. The number of urea groups is 1. The van der Waals surface area contributed by atoms with Crippen molar-refractivity contribution >= 4 is 49.3 Å². The summed E-state index contributed by atoms with van der Waals surface area (Å²) in [6.07, 6.45) is 2.97. The largest absolute Gasteiger partial charge is 0.554 e. The molecule has 148 valence electrons. The summed E-state index contributed by atoms with van der Waals surface area (Å²) in [5.74, 6) is 0.981. The van der Waals surface area contributed by atoms with Gasteiger partial charge in [0, 0.05) is 18.5 Å². The Bertz CT molecular complexity index is 1320. The summed E-state index contributed by atoms with van der Waals surface area (Å²) in [4.78, 5) is 38.9. The minimum Gasteiger partial charge on any atom is -0.439 e. The van der Waals surface area contributed by atoms with E-state index in [1.807, 2.05) is 31.2 Å². The summed E-state index contributed by atoms with van der Waals surface area (Å²) in [7, 11) is -1.24. The van der Waals surface area contributed by atoms with Crippen molar-refractivity contribution in [1.29, 1.82) is 0 Å². The van der Waals surface area contributed by atoms with Crippen molar-refractivity contribution in [3.63, 3.8) is 0 Å². The molecule has 4 aromatic rings. The van der Waals surface area contributed by atoms with Gasteiger partial charge in [-0.1, -0.05) is 17.7 Å². The first kappa shape index (κ1) is 18.0. The number of carbonyl (C=O) groups excluding carboxylic acids is 1. The molecule has 1 aliphatic heterocycles. The maximum absolute atomic E-state index is 12.8. The molecule has 1 unspecified atom stereocenters. The predicted molar refractivity (Wildman–Crippen MR) is 112 cm³/mol. The minimum atomic E-state index is -1.24. The minimum absolute atomic E-state index is 0.103. The van der Waals surface area contributed by atoms with Crippen molar-refractivity contribution < 1.29 is 19.4 Å². The fraction of sp³-hybridized carbons (Fsp3) is 0.0500. The molecule has 0 bridgehead atoms. The predicted octanol–water partition coefficient (Wildman–Crippen LogP) is 5.08. The van der Waals surface area contributed by atoms with Gasteiger partial charge < -0.3 is 15.2 Å². The van der Waals surface area contributed by atoms with Gasteiger partial charge in [-0.25, -0.2) is 19.7 Å². The zero-order chi connectivity index (χ0) is 20.8. The Morgan fingerprint density at radius 2 is 1.90 bits per heavy atom. The number of hydrogen-bond donors (Lipinski definition) is 2. The molecular formula is C20H14N5O4S+. The highest BCUT2D eigenvalue weighted by atomic mass is 32.2. The van der Waals surface area contributed by atoms with Gasteiger partial charge in [-0.15, -0.1) is 0 Å². The van der Waals surface area contributed by atoms with Gasteiger partial charge in [0.15, 0.2) is 5.38 Å². The Kier molecular flexibility index (Phi) is 4.07. The number of nitrogens with zero attached hydrogens (tertiary/aromatic N) is 4. The van der Waals surface area contributed by atoms with Crippen LogP contribution in [0.2, 0.25) is 0 Å². The standard InChI is InChI=1S/C20H13N5O4S/c1-11-2-4-12(5-3-11)29-15-7-9-22-18(24-15)25-14-6-8-21-17-16(14)13(23-19(25)26)10-30(17)20(27)28/h2-10H,1H3,(H-,23,26,27,28)/p+1. The second kappa shape index (κ2) is 6.78. The smallest absolute Gasteiger partial charge is 0.439 e. The molecule has 9 nitrogen and oxygen atoms in total. The van der Waals surface area contributed by atoms with E-state index in [-0.39, 0.29) is 11.8 Å².